The van der Waals surface area contributed by atoms with Crippen LogP contribution < -0.4 is 11.1 Å². The zero-order valence-electron chi connectivity index (χ0n) is 12.4. The molecule has 1 heterocycles. The summed E-state index contributed by atoms with van der Waals surface area (Å²) in [5.74, 6) is 0. The number of amides is 1. The smallest absolute Gasteiger partial charge is 0.407 e. The average Bonchev–Trinajstić information content (AvgIpc) is 2.88. The molecule has 1 aromatic rings. The van der Waals surface area contributed by atoms with Gasteiger partial charge >= 0.3 is 6.09 Å². The fraction of sp³-hybridized carbons (Fsp3) is 0.533. The Hall–Kier alpha value is -1.30. The van der Waals surface area contributed by atoms with Crippen LogP contribution in [0, 0.1) is 0 Å². The Morgan fingerprint density at radius 1 is 1.48 bits per heavy atom. The zero-order chi connectivity index (χ0) is 15.4. The lowest BCUT2D eigenvalue weighted by Crippen LogP contribution is -2.41. The molecule has 1 aromatic carbocycles. The summed E-state index contributed by atoms with van der Waals surface area (Å²) in [4.78, 5) is 13.6. The minimum absolute atomic E-state index is 0.0111. The third-order valence-electron chi connectivity index (χ3n) is 3.83. The van der Waals surface area contributed by atoms with Gasteiger partial charge < -0.3 is 15.8 Å². The summed E-state index contributed by atoms with van der Waals surface area (Å²) in [5, 5.41) is 3.56. The van der Waals surface area contributed by atoms with Crippen LogP contribution in [-0.2, 0) is 4.74 Å². The first-order valence-electron chi connectivity index (χ1n) is 7.11. The Balaban J connectivity index is 2.06. The lowest BCUT2D eigenvalue weighted by Gasteiger charge is -2.31. The first kappa shape index (κ1) is 16.1. The van der Waals surface area contributed by atoms with Crippen molar-refractivity contribution in [3.63, 3.8) is 0 Å². The minimum Gasteiger partial charge on any atom is -0.453 e. The lowest BCUT2D eigenvalue weighted by atomic mass is 9.99. The van der Waals surface area contributed by atoms with Crippen molar-refractivity contribution in [3.8, 4) is 0 Å². The molecular weight excluding hydrogens is 290 g/mol. The van der Waals surface area contributed by atoms with Crippen LogP contribution in [0.5, 0.6) is 0 Å². The number of carbonyl (C=O) groups excluding carboxylic acids is 1. The fourth-order valence-electron chi connectivity index (χ4n) is 2.89. The van der Waals surface area contributed by atoms with Gasteiger partial charge in [-0.05, 0) is 31.0 Å². The highest BCUT2D eigenvalue weighted by atomic mass is 35.5. The summed E-state index contributed by atoms with van der Waals surface area (Å²) in [6, 6.07) is 7.99. The number of hydrogen-bond acceptors (Lipinski definition) is 4. The van der Waals surface area contributed by atoms with Crippen LogP contribution in [0.1, 0.15) is 24.9 Å². The van der Waals surface area contributed by atoms with Crippen molar-refractivity contribution >= 4 is 17.7 Å². The Morgan fingerprint density at radius 3 is 2.71 bits per heavy atom. The van der Waals surface area contributed by atoms with Crippen molar-refractivity contribution in [2.24, 2.45) is 5.73 Å². The number of rotatable bonds is 4. The molecule has 0 spiro atoms. The molecule has 21 heavy (non-hydrogen) atoms. The summed E-state index contributed by atoms with van der Waals surface area (Å²) in [7, 11) is 1.38. The van der Waals surface area contributed by atoms with Crippen molar-refractivity contribution in [1.82, 2.24) is 10.2 Å². The predicted octanol–water partition coefficient (Wildman–Crippen LogP) is 2.16. The molecule has 0 aromatic heterocycles. The van der Waals surface area contributed by atoms with Gasteiger partial charge in [-0.3, -0.25) is 4.90 Å². The molecule has 0 saturated carbocycles. The van der Waals surface area contributed by atoms with E-state index in [1.165, 1.54) is 7.11 Å². The molecule has 116 valence electrons. The number of alkyl carbamates (subject to hydrolysis) is 1. The number of likely N-dealkylation sites (tertiary alicyclic amines) is 1. The molecule has 2 rings (SSSR count). The lowest BCUT2D eigenvalue weighted by molar-refractivity contribution is 0.164. The maximum absolute atomic E-state index is 11.3. The van der Waals surface area contributed by atoms with E-state index in [0.29, 0.717) is 5.02 Å². The molecule has 0 radical (unpaired) electrons. The molecule has 3 atom stereocenters. The van der Waals surface area contributed by atoms with Crippen LogP contribution in [0.15, 0.2) is 24.3 Å². The van der Waals surface area contributed by atoms with Crippen LogP contribution in [0.2, 0.25) is 5.02 Å². The van der Waals surface area contributed by atoms with Crippen LogP contribution in [-0.4, -0.2) is 43.3 Å². The second-order valence-electron chi connectivity index (χ2n) is 5.47. The Kier molecular flexibility index (Phi) is 5.45. The number of benzene rings is 1. The Morgan fingerprint density at radius 2 is 2.14 bits per heavy atom. The van der Waals surface area contributed by atoms with E-state index in [9.17, 15) is 4.79 Å². The molecule has 1 aliphatic heterocycles. The van der Waals surface area contributed by atoms with Gasteiger partial charge in [0.1, 0.15) is 0 Å². The minimum atomic E-state index is -0.384. The van der Waals surface area contributed by atoms with Crippen molar-refractivity contribution in [1.29, 1.82) is 0 Å². The van der Waals surface area contributed by atoms with E-state index in [1.54, 1.807) is 0 Å². The van der Waals surface area contributed by atoms with Gasteiger partial charge in [0.05, 0.1) is 7.11 Å². The topological polar surface area (TPSA) is 67.6 Å². The molecule has 1 fully saturated rings. The van der Waals surface area contributed by atoms with Gasteiger partial charge in [-0.1, -0.05) is 23.7 Å². The molecule has 1 aliphatic rings. The quantitative estimate of drug-likeness (QED) is 0.894. The molecule has 0 aliphatic carbocycles. The second kappa shape index (κ2) is 7.11. The summed E-state index contributed by atoms with van der Waals surface area (Å²) < 4.78 is 4.65. The van der Waals surface area contributed by atoms with E-state index in [0.717, 1.165) is 25.1 Å². The molecule has 0 bridgehead atoms. The fourth-order valence-corrected chi connectivity index (χ4v) is 3.02. The van der Waals surface area contributed by atoms with Crippen molar-refractivity contribution in [3.05, 3.63) is 34.9 Å². The van der Waals surface area contributed by atoms with E-state index in [-0.39, 0.29) is 24.2 Å². The maximum atomic E-state index is 11.3. The normalized spacial score (nSPS) is 21.8. The van der Waals surface area contributed by atoms with Gasteiger partial charge in [0.25, 0.3) is 0 Å². The van der Waals surface area contributed by atoms with Gasteiger partial charge in [-0.2, -0.15) is 0 Å². The molecular formula is C15H22ClN3O2. The Bertz CT molecular complexity index is 478. The summed E-state index contributed by atoms with van der Waals surface area (Å²) >= 11 is 5.95. The number of nitrogens with one attached hydrogen (secondary N) is 1. The number of halogens is 1. The molecule has 1 saturated heterocycles. The summed E-state index contributed by atoms with van der Waals surface area (Å²) in [6.45, 7) is 3.66. The summed E-state index contributed by atoms with van der Waals surface area (Å²) in [5.41, 5.74) is 7.32. The van der Waals surface area contributed by atoms with Crippen molar-refractivity contribution in [2.75, 3.05) is 20.2 Å². The third kappa shape index (κ3) is 4.09. The number of nitrogens with two attached hydrogens (primary N) is 1. The van der Waals surface area contributed by atoms with E-state index in [4.69, 9.17) is 17.3 Å². The number of hydrogen-bond donors (Lipinski definition) is 2. The van der Waals surface area contributed by atoms with E-state index in [1.807, 2.05) is 31.2 Å². The standard InChI is InChI=1S/C15H22ClN3O2/c1-10(17)14(11-3-5-12(16)6-4-11)19-8-7-13(9-19)18-15(20)21-2/h3-6,10,13-14H,7-9,17H2,1-2H3,(H,18,20). The first-order chi connectivity index (χ1) is 10.0. The highest BCUT2D eigenvalue weighted by molar-refractivity contribution is 6.30. The summed E-state index contributed by atoms with van der Waals surface area (Å²) in [6.07, 6.45) is 0.511. The molecule has 3 unspecified atom stereocenters. The van der Waals surface area contributed by atoms with Crippen LogP contribution in [0.4, 0.5) is 4.79 Å². The van der Waals surface area contributed by atoms with Gasteiger partial charge in [0.15, 0.2) is 0 Å². The molecule has 6 heteroatoms. The number of carbonyl (C=O) groups is 1. The van der Waals surface area contributed by atoms with E-state index < -0.39 is 0 Å². The van der Waals surface area contributed by atoms with E-state index in [2.05, 4.69) is 15.0 Å². The zero-order valence-corrected chi connectivity index (χ0v) is 13.1. The van der Waals surface area contributed by atoms with Gasteiger partial charge in [-0.15, -0.1) is 0 Å². The second-order valence-corrected chi connectivity index (χ2v) is 5.91. The number of nitrogens with zero attached hydrogens (tertiary/aromatic N) is 1. The SMILES string of the molecule is COC(=O)NC1CCN(C(c2ccc(Cl)cc2)C(C)N)C1. The van der Waals surface area contributed by atoms with Gasteiger partial charge in [-0.25, -0.2) is 4.79 Å². The van der Waals surface area contributed by atoms with Gasteiger partial charge in [0.2, 0.25) is 0 Å². The van der Waals surface area contributed by atoms with Crippen LogP contribution in [0.3, 0.4) is 0 Å². The predicted molar refractivity (Wildman–Crippen MR) is 83.4 cm³/mol. The number of methoxy groups -OCH3 is 1. The van der Waals surface area contributed by atoms with Crippen LogP contribution in [0.25, 0.3) is 0 Å². The first-order valence-corrected chi connectivity index (χ1v) is 7.48. The molecule has 3 N–H and O–H groups in total. The van der Waals surface area contributed by atoms with E-state index >= 15 is 0 Å². The van der Waals surface area contributed by atoms with Crippen LogP contribution >= 0.6 is 11.6 Å². The monoisotopic (exact) mass is 311 g/mol. The molecule has 1 amide bonds. The van der Waals surface area contributed by atoms with Gasteiger partial charge in [0, 0.05) is 36.2 Å². The molecule has 5 nitrogen and oxygen atoms in total. The highest BCUT2D eigenvalue weighted by Crippen LogP contribution is 2.28. The average molecular weight is 312 g/mol. The third-order valence-corrected chi connectivity index (χ3v) is 4.08. The van der Waals surface area contributed by atoms with Crippen molar-refractivity contribution in [2.45, 2.75) is 31.5 Å². The number of ether oxygens (including phenoxy) is 1. The Labute approximate surface area is 130 Å². The largest absolute Gasteiger partial charge is 0.453 e. The highest BCUT2D eigenvalue weighted by Gasteiger charge is 2.31. The van der Waals surface area contributed by atoms with Crippen molar-refractivity contribution < 1.29 is 9.53 Å². The maximum Gasteiger partial charge on any atom is 0.407 e.